The maximum Gasteiger partial charge on any atom is 0.213 e. The minimum atomic E-state index is -3.46. The number of sulfonamides is 2. The molecule has 0 aromatic rings. The SMILES string of the molecule is CCS(=O)(=O)NCCS(=O)(=O)NC1CCCNC1C.Cl. The monoisotopic (exact) mass is 349 g/mol. The molecular weight excluding hydrogens is 326 g/mol. The van der Waals surface area contributed by atoms with Crippen LogP contribution in [-0.4, -0.2) is 53.5 Å². The quantitative estimate of drug-likeness (QED) is 0.569. The topological polar surface area (TPSA) is 104 Å². The van der Waals surface area contributed by atoms with E-state index in [0.29, 0.717) is 0 Å². The van der Waals surface area contributed by atoms with Gasteiger partial charge < -0.3 is 5.32 Å². The van der Waals surface area contributed by atoms with Crippen LogP contribution in [-0.2, 0) is 20.0 Å². The summed E-state index contributed by atoms with van der Waals surface area (Å²) in [5, 5.41) is 3.21. The Bertz CT molecular complexity index is 481. The van der Waals surface area contributed by atoms with Crippen LogP contribution in [0.25, 0.3) is 0 Å². The van der Waals surface area contributed by atoms with Crippen molar-refractivity contribution in [1.82, 2.24) is 14.8 Å². The van der Waals surface area contributed by atoms with E-state index in [1.807, 2.05) is 6.92 Å². The van der Waals surface area contributed by atoms with Crippen molar-refractivity contribution in [2.24, 2.45) is 0 Å². The lowest BCUT2D eigenvalue weighted by Crippen LogP contribution is -2.52. The number of hydrogen-bond acceptors (Lipinski definition) is 5. The summed E-state index contributed by atoms with van der Waals surface area (Å²) >= 11 is 0. The summed E-state index contributed by atoms with van der Waals surface area (Å²) in [7, 11) is -6.80. The molecular formula is C10H24ClN3O4S2. The summed E-state index contributed by atoms with van der Waals surface area (Å²) in [5.74, 6) is -0.292. The zero-order valence-electron chi connectivity index (χ0n) is 11.8. The Balaban J connectivity index is 0.00000361. The largest absolute Gasteiger partial charge is 0.313 e. The highest BCUT2D eigenvalue weighted by Gasteiger charge is 2.25. The van der Waals surface area contributed by atoms with Crippen molar-refractivity contribution in [2.75, 3.05) is 24.6 Å². The fraction of sp³-hybridized carbons (Fsp3) is 1.00. The van der Waals surface area contributed by atoms with Crippen LogP contribution in [0.4, 0.5) is 0 Å². The fourth-order valence-corrected chi connectivity index (χ4v) is 3.95. The van der Waals surface area contributed by atoms with Crippen molar-refractivity contribution >= 4 is 32.5 Å². The Hall–Kier alpha value is 0.0700. The summed E-state index contributed by atoms with van der Waals surface area (Å²) < 4.78 is 50.9. The van der Waals surface area contributed by atoms with Crippen molar-refractivity contribution < 1.29 is 16.8 Å². The van der Waals surface area contributed by atoms with Gasteiger partial charge in [0, 0.05) is 18.6 Å². The predicted octanol–water partition coefficient (Wildman–Crippen LogP) is -0.593. The third kappa shape index (κ3) is 7.19. The van der Waals surface area contributed by atoms with E-state index in [2.05, 4.69) is 14.8 Å². The van der Waals surface area contributed by atoms with Crippen LogP contribution in [0.2, 0.25) is 0 Å². The molecule has 7 nitrogen and oxygen atoms in total. The highest BCUT2D eigenvalue weighted by molar-refractivity contribution is 7.90. The Kier molecular flexibility index (Phi) is 8.53. The van der Waals surface area contributed by atoms with Gasteiger partial charge in [-0.1, -0.05) is 0 Å². The molecule has 0 saturated carbocycles. The zero-order chi connectivity index (χ0) is 14.5. The summed E-state index contributed by atoms with van der Waals surface area (Å²) in [6, 6.07) is -0.0302. The van der Waals surface area contributed by atoms with Crippen LogP contribution in [0.1, 0.15) is 26.7 Å². The third-order valence-electron chi connectivity index (χ3n) is 3.17. The van der Waals surface area contributed by atoms with E-state index in [1.54, 1.807) is 0 Å². The molecule has 0 spiro atoms. The molecule has 10 heteroatoms. The third-order valence-corrected chi connectivity index (χ3v) is 5.97. The molecule has 3 N–H and O–H groups in total. The standard InChI is InChI=1S/C10H23N3O4S2.ClH/c1-3-18(14,15)12-7-8-19(16,17)13-10-5-4-6-11-9(10)2;/h9-13H,3-8H2,1-2H3;1H. The summed E-state index contributed by atoms with van der Waals surface area (Å²) in [6.07, 6.45) is 1.73. The second-order valence-electron chi connectivity index (χ2n) is 4.73. The van der Waals surface area contributed by atoms with E-state index in [1.165, 1.54) is 6.92 Å². The lowest BCUT2D eigenvalue weighted by atomic mass is 10.0. The van der Waals surface area contributed by atoms with E-state index in [-0.39, 0.29) is 42.5 Å². The maximum absolute atomic E-state index is 11.8. The molecule has 0 aromatic carbocycles. The molecule has 1 heterocycles. The van der Waals surface area contributed by atoms with Crippen molar-refractivity contribution in [1.29, 1.82) is 0 Å². The first-order valence-corrected chi connectivity index (χ1v) is 9.77. The molecule has 0 bridgehead atoms. The molecule has 1 rings (SSSR count). The van der Waals surface area contributed by atoms with Gasteiger partial charge in [0.15, 0.2) is 0 Å². The van der Waals surface area contributed by atoms with Gasteiger partial charge in [0.25, 0.3) is 0 Å². The second kappa shape index (κ2) is 8.50. The second-order valence-corrected chi connectivity index (χ2v) is 8.69. The van der Waals surface area contributed by atoms with E-state index in [0.717, 1.165) is 19.4 Å². The molecule has 1 fully saturated rings. The number of piperidine rings is 1. The summed E-state index contributed by atoms with van der Waals surface area (Å²) in [6.45, 7) is 4.24. The average Bonchev–Trinajstić information content (AvgIpc) is 2.31. The van der Waals surface area contributed by atoms with Gasteiger partial charge in [0.1, 0.15) is 0 Å². The first-order chi connectivity index (χ1) is 8.76. The molecule has 2 atom stereocenters. The average molecular weight is 350 g/mol. The highest BCUT2D eigenvalue weighted by Crippen LogP contribution is 2.09. The van der Waals surface area contributed by atoms with Crippen molar-refractivity contribution in [3.05, 3.63) is 0 Å². The Labute approximate surface area is 127 Å². The Morgan fingerprint density at radius 3 is 2.40 bits per heavy atom. The molecule has 1 aliphatic heterocycles. The molecule has 2 unspecified atom stereocenters. The Morgan fingerprint density at radius 1 is 1.20 bits per heavy atom. The van der Waals surface area contributed by atoms with Gasteiger partial charge in [-0.05, 0) is 33.2 Å². The molecule has 1 saturated heterocycles. The Morgan fingerprint density at radius 2 is 1.85 bits per heavy atom. The number of nitrogens with one attached hydrogen (secondary N) is 3. The molecule has 122 valence electrons. The van der Waals surface area contributed by atoms with Crippen molar-refractivity contribution in [3.8, 4) is 0 Å². The van der Waals surface area contributed by atoms with Gasteiger partial charge in [-0.15, -0.1) is 12.4 Å². The van der Waals surface area contributed by atoms with Crippen molar-refractivity contribution in [3.63, 3.8) is 0 Å². The van der Waals surface area contributed by atoms with E-state index < -0.39 is 20.0 Å². The molecule has 1 aliphatic rings. The molecule has 0 amide bonds. The van der Waals surface area contributed by atoms with Crippen LogP contribution >= 0.6 is 12.4 Å². The zero-order valence-corrected chi connectivity index (χ0v) is 14.2. The van der Waals surface area contributed by atoms with E-state index in [4.69, 9.17) is 0 Å². The normalized spacial score (nSPS) is 24.1. The first kappa shape index (κ1) is 20.1. The van der Waals surface area contributed by atoms with Gasteiger partial charge in [0.05, 0.1) is 11.5 Å². The first-order valence-electron chi connectivity index (χ1n) is 6.46. The van der Waals surface area contributed by atoms with Crippen molar-refractivity contribution in [2.45, 2.75) is 38.8 Å². The summed E-state index contributed by atoms with van der Waals surface area (Å²) in [5.41, 5.74) is 0. The molecule has 0 aliphatic carbocycles. The number of hydrogen-bond donors (Lipinski definition) is 3. The van der Waals surface area contributed by atoms with Crippen LogP contribution < -0.4 is 14.8 Å². The van der Waals surface area contributed by atoms with Crippen LogP contribution in [0.15, 0.2) is 0 Å². The minimum absolute atomic E-state index is 0. The highest BCUT2D eigenvalue weighted by atomic mass is 35.5. The summed E-state index contributed by atoms with van der Waals surface area (Å²) in [4.78, 5) is 0. The smallest absolute Gasteiger partial charge is 0.213 e. The van der Waals surface area contributed by atoms with Gasteiger partial charge in [-0.2, -0.15) is 0 Å². The number of halogens is 1. The molecule has 20 heavy (non-hydrogen) atoms. The van der Waals surface area contributed by atoms with Crippen LogP contribution in [0, 0.1) is 0 Å². The van der Waals surface area contributed by atoms with E-state index in [9.17, 15) is 16.8 Å². The molecule has 0 aromatic heterocycles. The van der Waals surface area contributed by atoms with Gasteiger partial charge in [-0.25, -0.2) is 26.3 Å². The lowest BCUT2D eigenvalue weighted by molar-refractivity contribution is 0.349. The van der Waals surface area contributed by atoms with E-state index >= 15 is 0 Å². The van der Waals surface area contributed by atoms with Gasteiger partial charge >= 0.3 is 0 Å². The maximum atomic E-state index is 11.8. The predicted molar refractivity (Wildman–Crippen MR) is 82.1 cm³/mol. The lowest BCUT2D eigenvalue weighted by Gasteiger charge is -2.30. The van der Waals surface area contributed by atoms with Gasteiger partial charge in [-0.3, -0.25) is 0 Å². The van der Waals surface area contributed by atoms with Crippen LogP contribution in [0.5, 0.6) is 0 Å². The fourth-order valence-electron chi connectivity index (χ4n) is 1.93. The molecule has 0 radical (unpaired) electrons. The van der Waals surface area contributed by atoms with Crippen LogP contribution in [0.3, 0.4) is 0 Å². The van der Waals surface area contributed by atoms with Gasteiger partial charge in [0.2, 0.25) is 20.0 Å². The number of rotatable bonds is 7. The minimum Gasteiger partial charge on any atom is -0.313 e.